The normalized spacial score (nSPS) is 11.3. The van der Waals surface area contributed by atoms with Crippen LogP contribution in [0.5, 0.6) is 0 Å². The highest BCUT2D eigenvalue weighted by Gasteiger charge is 2.19. The molecule has 0 aliphatic carbocycles. The highest BCUT2D eigenvalue weighted by atomic mass is 32.2. The Morgan fingerprint density at radius 2 is 1.90 bits per heavy atom. The van der Waals surface area contributed by atoms with Crippen molar-refractivity contribution in [2.24, 2.45) is 0 Å². The molecule has 0 spiro atoms. The van der Waals surface area contributed by atoms with Crippen LogP contribution in [0.15, 0.2) is 34.9 Å². The van der Waals surface area contributed by atoms with Crippen molar-refractivity contribution in [2.45, 2.75) is 19.6 Å². The lowest BCUT2D eigenvalue weighted by molar-refractivity contribution is -0.113. The summed E-state index contributed by atoms with van der Waals surface area (Å²) in [6.07, 6.45) is 0. The van der Waals surface area contributed by atoms with Gasteiger partial charge in [0.05, 0.1) is 5.69 Å². The van der Waals surface area contributed by atoms with Gasteiger partial charge < -0.3 is 9.84 Å². The van der Waals surface area contributed by atoms with E-state index in [9.17, 15) is 13.2 Å². The van der Waals surface area contributed by atoms with Gasteiger partial charge in [-0.1, -0.05) is 22.9 Å². The maximum absolute atomic E-state index is 11.9. The average molecular weight is 308 g/mol. The monoisotopic (exact) mass is 308 g/mol. The van der Waals surface area contributed by atoms with Gasteiger partial charge in [-0.05, 0) is 26.0 Å². The highest BCUT2D eigenvalue weighted by Crippen LogP contribution is 2.11. The van der Waals surface area contributed by atoms with Gasteiger partial charge in [0, 0.05) is 11.8 Å². The van der Waals surface area contributed by atoms with Gasteiger partial charge in [0.25, 0.3) is 0 Å². The second-order valence-corrected chi connectivity index (χ2v) is 6.95. The summed E-state index contributed by atoms with van der Waals surface area (Å²) < 4.78 is 28.7. The zero-order chi connectivity index (χ0) is 15.5. The largest absolute Gasteiger partial charge is 0.360 e. The number of aromatic nitrogens is 1. The minimum atomic E-state index is -3.59. The first-order chi connectivity index (χ1) is 9.84. The van der Waals surface area contributed by atoms with Crippen molar-refractivity contribution < 1.29 is 17.7 Å². The third-order valence-corrected chi connectivity index (χ3v) is 4.15. The number of hydrogen-bond acceptors (Lipinski definition) is 5. The fourth-order valence-corrected chi connectivity index (χ4v) is 2.93. The minimum Gasteiger partial charge on any atom is -0.360 e. The van der Waals surface area contributed by atoms with Crippen LogP contribution >= 0.6 is 0 Å². The zero-order valence-electron chi connectivity index (χ0n) is 11.8. The van der Waals surface area contributed by atoms with Gasteiger partial charge in [0.2, 0.25) is 5.91 Å². The molecule has 0 aliphatic heterocycles. The fraction of sp³-hybridized carbons (Fsp3) is 0.286. The molecule has 0 radical (unpaired) electrons. The number of benzene rings is 1. The molecule has 1 aromatic heterocycles. The van der Waals surface area contributed by atoms with Crippen LogP contribution in [0.1, 0.15) is 17.0 Å². The number of nitrogens with zero attached hydrogens (tertiary/aromatic N) is 1. The average Bonchev–Trinajstić information content (AvgIpc) is 2.76. The van der Waals surface area contributed by atoms with Crippen LogP contribution in [0.3, 0.4) is 0 Å². The molecule has 0 saturated heterocycles. The summed E-state index contributed by atoms with van der Waals surface area (Å²) in [5.74, 6) is -1.28. The van der Waals surface area contributed by atoms with Crippen LogP contribution < -0.4 is 5.32 Å². The molecule has 2 rings (SSSR count). The predicted octanol–water partition coefficient (Wildman–Crippen LogP) is 1.84. The first-order valence-electron chi connectivity index (χ1n) is 6.33. The first kappa shape index (κ1) is 15.2. The van der Waals surface area contributed by atoms with Crippen molar-refractivity contribution in [2.75, 3.05) is 11.1 Å². The Morgan fingerprint density at radius 3 is 2.48 bits per heavy atom. The first-order valence-corrected chi connectivity index (χ1v) is 8.15. The molecule has 112 valence electrons. The Labute approximate surface area is 123 Å². The third-order valence-electron chi connectivity index (χ3n) is 2.73. The Kier molecular flexibility index (Phi) is 4.42. The van der Waals surface area contributed by atoms with Crippen molar-refractivity contribution >= 4 is 21.4 Å². The van der Waals surface area contributed by atoms with Gasteiger partial charge in [-0.2, -0.15) is 0 Å². The van der Waals surface area contributed by atoms with Crippen LogP contribution in [0.25, 0.3) is 0 Å². The summed E-state index contributed by atoms with van der Waals surface area (Å²) in [5, 5.41) is 6.17. The topological polar surface area (TPSA) is 89.3 Å². The number of sulfone groups is 1. The molecular formula is C14H16N2O4S. The molecule has 21 heavy (non-hydrogen) atoms. The van der Waals surface area contributed by atoms with Crippen molar-refractivity contribution in [3.05, 3.63) is 47.3 Å². The lowest BCUT2D eigenvalue weighted by atomic mass is 10.2. The fourth-order valence-electron chi connectivity index (χ4n) is 1.79. The van der Waals surface area contributed by atoms with E-state index in [2.05, 4.69) is 10.5 Å². The number of aryl methyl sites for hydroxylation is 2. The molecule has 0 aliphatic rings. The number of rotatable bonds is 5. The van der Waals surface area contributed by atoms with Gasteiger partial charge in [-0.15, -0.1) is 0 Å². The second-order valence-electron chi connectivity index (χ2n) is 4.88. The van der Waals surface area contributed by atoms with Gasteiger partial charge in [0.15, 0.2) is 15.6 Å². The Morgan fingerprint density at radius 1 is 1.24 bits per heavy atom. The number of hydrogen-bond donors (Lipinski definition) is 1. The van der Waals surface area contributed by atoms with Gasteiger partial charge in [-0.25, -0.2) is 8.42 Å². The summed E-state index contributed by atoms with van der Waals surface area (Å²) in [4.78, 5) is 11.8. The molecule has 1 N–H and O–H groups in total. The van der Waals surface area contributed by atoms with Crippen molar-refractivity contribution in [1.82, 2.24) is 5.16 Å². The summed E-state index contributed by atoms with van der Waals surface area (Å²) in [5.41, 5.74) is 2.22. The Bertz CT molecular complexity index is 733. The smallest absolute Gasteiger partial charge is 0.239 e. The van der Waals surface area contributed by atoms with Crippen LogP contribution in [0.2, 0.25) is 0 Å². The maximum Gasteiger partial charge on any atom is 0.239 e. The van der Waals surface area contributed by atoms with Gasteiger partial charge >= 0.3 is 0 Å². The number of anilines is 1. The van der Waals surface area contributed by atoms with E-state index < -0.39 is 21.5 Å². The molecule has 0 unspecified atom stereocenters. The molecule has 0 bridgehead atoms. The lowest BCUT2D eigenvalue weighted by Crippen LogP contribution is -2.23. The summed E-state index contributed by atoms with van der Waals surface area (Å²) in [6, 6.07) is 8.65. The van der Waals surface area contributed by atoms with Crippen LogP contribution in [-0.4, -0.2) is 25.2 Å². The van der Waals surface area contributed by atoms with E-state index in [-0.39, 0.29) is 11.5 Å². The molecular weight excluding hydrogens is 292 g/mol. The van der Waals surface area contributed by atoms with E-state index in [1.807, 2.05) is 19.1 Å². The van der Waals surface area contributed by atoms with Crippen molar-refractivity contribution in [1.29, 1.82) is 0 Å². The van der Waals surface area contributed by atoms with E-state index in [1.165, 1.54) is 6.07 Å². The number of amides is 1. The molecule has 0 atom stereocenters. The second kappa shape index (κ2) is 6.09. The van der Waals surface area contributed by atoms with Crippen molar-refractivity contribution in [3.63, 3.8) is 0 Å². The quantitative estimate of drug-likeness (QED) is 0.910. The van der Waals surface area contributed by atoms with Crippen LogP contribution in [0.4, 0.5) is 5.69 Å². The Hall–Kier alpha value is -2.15. The van der Waals surface area contributed by atoms with Crippen LogP contribution in [-0.2, 0) is 20.4 Å². The molecule has 7 heteroatoms. The van der Waals surface area contributed by atoms with Crippen molar-refractivity contribution in [3.8, 4) is 0 Å². The Balaban J connectivity index is 1.96. The lowest BCUT2D eigenvalue weighted by Gasteiger charge is -2.05. The molecule has 1 aromatic carbocycles. The molecule has 0 saturated carbocycles. The molecule has 6 nitrogen and oxygen atoms in total. The summed E-state index contributed by atoms with van der Waals surface area (Å²) >= 11 is 0. The van der Waals surface area contributed by atoms with E-state index >= 15 is 0 Å². The predicted molar refractivity (Wildman–Crippen MR) is 78.5 cm³/mol. The summed E-state index contributed by atoms with van der Waals surface area (Å²) in [7, 11) is -3.59. The highest BCUT2D eigenvalue weighted by molar-refractivity contribution is 7.91. The number of carbonyl (C=O) groups excluding carboxylic acids is 1. The summed E-state index contributed by atoms with van der Waals surface area (Å²) in [6.45, 7) is 3.62. The number of nitrogens with one attached hydrogen (secondary N) is 1. The van der Waals surface area contributed by atoms with Crippen LogP contribution in [0, 0.1) is 13.8 Å². The molecule has 2 aromatic rings. The molecule has 1 heterocycles. The number of carbonyl (C=O) groups is 1. The SMILES string of the molecule is Cc1ccc(NC(=O)CS(=O)(=O)Cc2cc(C)no2)cc1. The minimum absolute atomic E-state index is 0.232. The standard InChI is InChI=1S/C14H16N2O4S/c1-10-3-5-12(6-4-10)15-14(17)9-21(18,19)8-13-7-11(2)16-20-13/h3-7H,8-9H2,1-2H3,(H,15,17). The third kappa shape index (κ3) is 4.71. The molecule has 0 fully saturated rings. The zero-order valence-corrected chi connectivity index (χ0v) is 12.6. The van der Waals surface area contributed by atoms with Gasteiger partial charge in [-0.3, -0.25) is 4.79 Å². The van der Waals surface area contributed by atoms with E-state index in [0.29, 0.717) is 11.4 Å². The van der Waals surface area contributed by atoms with E-state index in [0.717, 1.165) is 5.56 Å². The van der Waals surface area contributed by atoms with E-state index in [4.69, 9.17) is 4.52 Å². The maximum atomic E-state index is 11.9. The van der Waals surface area contributed by atoms with Gasteiger partial charge in [0.1, 0.15) is 11.5 Å². The molecule has 1 amide bonds. The van der Waals surface area contributed by atoms with E-state index in [1.54, 1.807) is 19.1 Å².